The second kappa shape index (κ2) is 9.11. The van der Waals surface area contributed by atoms with Gasteiger partial charge >= 0.3 is 0 Å². The van der Waals surface area contributed by atoms with Gasteiger partial charge in [0.15, 0.2) is 0 Å². The Morgan fingerprint density at radius 3 is 1.43 bits per heavy atom. The lowest BCUT2D eigenvalue weighted by molar-refractivity contribution is 0.566. The van der Waals surface area contributed by atoms with Crippen molar-refractivity contribution in [3.05, 3.63) is 12.8 Å². The van der Waals surface area contributed by atoms with Crippen molar-refractivity contribution in [3.8, 4) is 0 Å². The Morgan fingerprint density at radius 2 is 1.43 bits per heavy atom. The minimum atomic E-state index is 0. The van der Waals surface area contributed by atoms with E-state index in [0.717, 1.165) is 0 Å². The van der Waals surface area contributed by atoms with Crippen LogP contribution in [0.15, 0.2) is 12.8 Å². The summed E-state index contributed by atoms with van der Waals surface area (Å²) in [6, 6.07) is 0. The van der Waals surface area contributed by atoms with Crippen molar-refractivity contribution in [2.24, 2.45) is 0 Å². The van der Waals surface area contributed by atoms with E-state index in [4.69, 9.17) is 0 Å². The van der Waals surface area contributed by atoms with Crippen LogP contribution >= 0.6 is 0 Å². The molecule has 0 bridgehead atoms. The normalized spacial score (nSPS) is 4.86. The standard InChI is InChI=1S/C4H9N.2CH4/c1-4-5(2)3;;/h4H,1H2,2-3H3;2*1H4. The first-order chi connectivity index (χ1) is 2.27. The molecule has 0 radical (unpaired) electrons. The van der Waals surface area contributed by atoms with Gasteiger partial charge in [-0.25, -0.2) is 0 Å². The van der Waals surface area contributed by atoms with Crippen LogP contribution in [0.5, 0.6) is 0 Å². The number of rotatable bonds is 1. The van der Waals surface area contributed by atoms with Gasteiger partial charge in [0.1, 0.15) is 0 Å². The van der Waals surface area contributed by atoms with Crippen molar-refractivity contribution in [3.63, 3.8) is 0 Å². The van der Waals surface area contributed by atoms with Crippen LogP contribution in [0.4, 0.5) is 0 Å². The molecule has 0 fully saturated rings. The van der Waals surface area contributed by atoms with E-state index in [-0.39, 0.29) is 14.9 Å². The molecule has 1 heteroatoms. The van der Waals surface area contributed by atoms with E-state index in [2.05, 4.69) is 6.58 Å². The summed E-state index contributed by atoms with van der Waals surface area (Å²) >= 11 is 0. The molecule has 7 heavy (non-hydrogen) atoms. The lowest BCUT2D eigenvalue weighted by Crippen LogP contribution is -1.97. The minimum absolute atomic E-state index is 0. The fraction of sp³-hybridized carbons (Fsp3) is 0.667. The molecule has 46 valence electrons. The Morgan fingerprint density at radius 1 is 1.29 bits per heavy atom. The van der Waals surface area contributed by atoms with E-state index < -0.39 is 0 Å². The van der Waals surface area contributed by atoms with Gasteiger partial charge in [0, 0.05) is 14.1 Å². The zero-order valence-electron chi connectivity index (χ0n) is 3.73. The molecule has 0 spiro atoms. The Hall–Kier alpha value is -0.460. The quantitative estimate of drug-likeness (QED) is 0.490. The molecule has 0 unspecified atom stereocenters. The van der Waals surface area contributed by atoms with Gasteiger partial charge in [0.2, 0.25) is 0 Å². The van der Waals surface area contributed by atoms with Crippen LogP contribution in [-0.2, 0) is 0 Å². The third-order valence-electron chi connectivity index (χ3n) is 0.365. The summed E-state index contributed by atoms with van der Waals surface area (Å²) < 4.78 is 0. The Balaban J connectivity index is -0.0000000800. The number of hydrogen-bond acceptors (Lipinski definition) is 1. The summed E-state index contributed by atoms with van der Waals surface area (Å²) in [6.07, 6.45) is 1.75. The first-order valence-electron chi connectivity index (χ1n) is 1.56. The topological polar surface area (TPSA) is 3.24 Å². The number of nitrogens with zero attached hydrogens (tertiary/aromatic N) is 1. The van der Waals surface area contributed by atoms with Crippen molar-refractivity contribution in [2.75, 3.05) is 14.1 Å². The monoisotopic (exact) mass is 103 g/mol. The molecule has 0 saturated carbocycles. The molecule has 0 atom stereocenters. The fourth-order valence-corrected chi connectivity index (χ4v) is 0. The van der Waals surface area contributed by atoms with Crippen molar-refractivity contribution in [1.82, 2.24) is 4.90 Å². The summed E-state index contributed by atoms with van der Waals surface area (Å²) in [5, 5.41) is 0. The van der Waals surface area contributed by atoms with Crippen molar-refractivity contribution in [1.29, 1.82) is 0 Å². The number of hydrogen-bond donors (Lipinski definition) is 0. The fourth-order valence-electron chi connectivity index (χ4n) is 0. The largest absolute Gasteiger partial charge is 0.384 e. The maximum atomic E-state index is 3.49. The van der Waals surface area contributed by atoms with Gasteiger partial charge in [-0.05, 0) is 6.20 Å². The third kappa shape index (κ3) is 29.3. The first-order valence-corrected chi connectivity index (χ1v) is 1.56. The van der Waals surface area contributed by atoms with Crippen LogP contribution in [-0.4, -0.2) is 19.0 Å². The highest BCUT2D eigenvalue weighted by molar-refractivity contribution is 4.59. The van der Waals surface area contributed by atoms with Gasteiger partial charge in [-0.1, -0.05) is 21.4 Å². The molecule has 0 aromatic heterocycles. The van der Waals surface area contributed by atoms with Crippen LogP contribution in [0.2, 0.25) is 0 Å². The highest BCUT2D eigenvalue weighted by atomic mass is 15.0. The van der Waals surface area contributed by atoms with Gasteiger partial charge in [-0.15, -0.1) is 0 Å². The molecule has 0 aliphatic heterocycles. The second-order valence-corrected chi connectivity index (χ2v) is 1.15. The van der Waals surface area contributed by atoms with Crippen molar-refractivity contribution in [2.45, 2.75) is 14.9 Å². The summed E-state index contributed by atoms with van der Waals surface area (Å²) in [7, 11) is 3.88. The average molecular weight is 103 g/mol. The van der Waals surface area contributed by atoms with Gasteiger partial charge in [0.05, 0.1) is 0 Å². The van der Waals surface area contributed by atoms with Gasteiger partial charge in [-0.3, -0.25) is 0 Å². The Labute approximate surface area is 47.6 Å². The predicted molar refractivity (Wildman–Crippen MR) is 37.3 cm³/mol. The SMILES string of the molecule is C.C.C=CN(C)C. The molecular formula is C6H17N. The van der Waals surface area contributed by atoms with E-state index in [0.29, 0.717) is 0 Å². The lowest BCUT2D eigenvalue weighted by atomic mass is 10.9. The van der Waals surface area contributed by atoms with Gasteiger partial charge in [0.25, 0.3) is 0 Å². The third-order valence-corrected chi connectivity index (χ3v) is 0.365. The van der Waals surface area contributed by atoms with Crippen LogP contribution in [0, 0.1) is 0 Å². The van der Waals surface area contributed by atoms with Crippen molar-refractivity contribution < 1.29 is 0 Å². The van der Waals surface area contributed by atoms with Crippen LogP contribution in [0.3, 0.4) is 0 Å². The summed E-state index contributed by atoms with van der Waals surface area (Å²) in [4.78, 5) is 1.89. The zero-order chi connectivity index (χ0) is 4.28. The minimum Gasteiger partial charge on any atom is -0.384 e. The zero-order valence-corrected chi connectivity index (χ0v) is 3.73. The van der Waals surface area contributed by atoms with E-state index >= 15 is 0 Å². The van der Waals surface area contributed by atoms with Crippen LogP contribution < -0.4 is 0 Å². The lowest BCUT2D eigenvalue weighted by Gasteiger charge is -1.98. The predicted octanol–water partition coefficient (Wildman–Crippen LogP) is 1.96. The average Bonchev–Trinajstić information content (AvgIpc) is 1.38. The molecule has 1 nitrogen and oxygen atoms in total. The van der Waals surface area contributed by atoms with Gasteiger partial charge in [-0.2, -0.15) is 0 Å². The summed E-state index contributed by atoms with van der Waals surface area (Å²) in [6.45, 7) is 3.49. The summed E-state index contributed by atoms with van der Waals surface area (Å²) in [5.41, 5.74) is 0. The van der Waals surface area contributed by atoms with Crippen molar-refractivity contribution >= 4 is 0 Å². The maximum absolute atomic E-state index is 3.49. The molecule has 0 amide bonds. The highest BCUT2D eigenvalue weighted by Gasteiger charge is 1.61. The second-order valence-electron chi connectivity index (χ2n) is 1.15. The van der Waals surface area contributed by atoms with E-state index in [9.17, 15) is 0 Å². The van der Waals surface area contributed by atoms with Gasteiger partial charge < -0.3 is 4.90 Å². The Bertz CT molecular complexity index is 31.2. The molecule has 0 aliphatic rings. The summed E-state index contributed by atoms with van der Waals surface area (Å²) in [5.74, 6) is 0. The maximum Gasteiger partial charge on any atom is 0.00554 e. The molecular weight excluding hydrogens is 86.1 g/mol. The smallest absolute Gasteiger partial charge is 0.00554 e. The molecule has 0 aromatic carbocycles. The van der Waals surface area contributed by atoms with E-state index in [1.54, 1.807) is 6.20 Å². The molecule has 0 aromatic rings. The van der Waals surface area contributed by atoms with Crippen LogP contribution in [0.1, 0.15) is 14.9 Å². The van der Waals surface area contributed by atoms with E-state index in [1.165, 1.54) is 0 Å². The molecule has 0 N–H and O–H groups in total. The first kappa shape index (κ1) is 16.0. The van der Waals surface area contributed by atoms with Crippen LogP contribution in [0.25, 0.3) is 0 Å². The molecule has 0 saturated heterocycles. The highest BCUT2D eigenvalue weighted by Crippen LogP contribution is 1.64. The molecule has 0 heterocycles. The molecule has 0 aliphatic carbocycles. The Kier molecular flexibility index (Phi) is 20.9. The van der Waals surface area contributed by atoms with E-state index in [1.807, 2.05) is 19.0 Å². The molecule has 0 rings (SSSR count).